The zero-order valence-electron chi connectivity index (χ0n) is 8.35. The molecule has 1 atom stereocenters. The molecule has 15 heavy (non-hydrogen) atoms. The van der Waals surface area contributed by atoms with E-state index >= 15 is 0 Å². The Morgan fingerprint density at radius 3 is 3.27 bits per heavy atom. The maximum absolute atomic E-state index is 8.37. The summed E-state index contributed by atoms with van der Waals surface area (Å²) < 4.78 is 1.82. The zero-order chi connectivity index (χ0) is 11.1. The minimum absolute atomic E-state index is 0.0590. The van der Waals surface area contributed by atoms with Crippen LogP contribution < -0.4 is 0 Å². The molecular weight excluding hydrogens is 196 g/mol. The van der Waals surface area contributed by atoms with Crippen LogP contribution in [0.3, 0.4) is 0 Å². The summed E-state index contributed by atoms with van der Waals surface area (Å²) >= 11 is 0. The zero-order valence-corrected chi connectivity index (χ0v) is 8.35. The molecule has 1 N–H and O–H groups in total. The highest BCUT2D eigenvalue weighted by Gasteiger charge is 2.02. The molecule has 1 unspecified atom stereocenters. The summed E-state index contributed by atoms with van der Waals surface area (Å²) in [5.74, 6) is 0.575. The number of oxime groups is 1. The van der Waals surface area contributed by atoms with Crippen molar-refractivity contribution in [1.29, 1.82) is 0 Å². The van der Waals surface area contributed by atoms with Gasteiger partial charge >= 0.3 is 0 Å². The van der Waals surface area contributed by atoms with Crippen molar-refractivity contribution >= 4 is 6.21 Å². The molecule has 0 aromatic carbocycles. The average Bonchev–Trinajstić information content (AvgIpc) is 2.64. The summed E-state index contributed by atoms with van der Waals surface area (Å²) in [5.41, 5.74) is 8.22. The molecule has 0 amide bonds. The van der Waals surface area contributed by atoms with E-state index in [0.29, 0.717) is 18.8 Å². The molecule has 0 fully saturated rings. The fourth-order valence-electron chi connectivity index (χ4n) is 1.16. The third-order valence-corrected chi connectivity index (χ3v) is 1.96. The van der Waals surface area contributed by atoms with E-state index in [2.05, 4.69) is 20.2 Å². The summed E-state index contributed by atoms with van der Waals surface area (Å²) in [6.07, 6.45) is 5.37. The van der Waals surface area contributed by atoms with Gasteiger partial charge in [-0.3, -0.25) is 0 Å². The lowest BCUT2D eigenvalue weighted by atomic mass is 10.2. The number of aromatic nitrogens is 2. The van der Waals surface area contributed by atoms with E-state index in [9.17, 15) is 0 Å². The number of hydrogen-bond donors (Lipinski definition) is 1. The van der Waals surface area contributed by atoms with Gasteiger partial charge in [0, 0.05) is 29.9 Å². The number of nitrogens with zero attached hydrogens (tertiary/aromatic N) is 6. The first-order valence-electron chi connectivity index (χ1n) is 4.50. The topological polar surface area (TPSA) is 99.2 Å². The molecule has 0 bridgehead atoms. The molecule has 0 saturated carbocycles. The predicted octanol–water partition coefficient (Wildman–Crippen LogP) is 1.78. The van der Waals surface area contributed by atoms with Gasteiger partial charge in [0.05, 0.1) is 0 Å². The lowest BCUT2D eigenvalue weighted by Crippen LogP contribution is -2.07. The predicted molar refractivity (Wildman–Crippen MR) is 54.8 cm³/mol. The van der Waals surface area contributed by atoms with Gasteiger partial charge < -0.3 is 9.77 Å². The number of hydrogen-bond acceptors (Lipinski definition) is 4. The summed E-state index contributed by atoms with van der Waals surface area (Å²) in [6, 6.07) is -0.0590. The van der Waals surface area contributed by atoms with E-state index in [-0.39, 0.29) is 6.04 Å². The molecule has 1 heterocycles. The molecule has 0 saturated heterocycles. The third kappa shape index (κ3) is 3.32. The van der Waals surface area contributed by atoms with E-state index in [1.807, 2.05) is 11.5 Å². The van der Waals surface area contributed by atoms with Crippen LogP contribution in [0.4, 0.5) is 0 Å². The van der Waals surface area contributed by atoms with Gasteiger partial charge in [-0.2, -0.15) is 0 Å². The second-order valence-corrected chi connectivity index (χ2v) is 3.07. The molecule has 1 rings (SSSR count). The van der Waals surface area contributed by atoms with Gasteiger partial charge in [0.1, 0.15) is 6.21 Å². The summed E-state index contributed by atoms with van der Waals surface area (Å²) in [7, 11) is 0. The van der Waals surface area contributed by atoms with E-state index < -0.39 is 0 Å². The molecule has 0 aliphatic heterocycles. The molecular formula is C8H12N6O. The third-order valence-electron chi connectivity index (χ3n) is 1.96. The molecule has 1 aromatic rings. The van der Waals surface area contributed by atoms with Crippen LogP contribution in [-0.4, -0.2) is 27.0 Å². The van der Waals surface area contributed by atoms with Crippen LogP contribution in [-0.2, 0) is 6.54 Å². The number of imidazole rings is 1. The Bertz CT molecular complexity index is 378. The molecule has 0 spiro atoms. The Balaban J connectivity index is 2.57. The van der Waals surface area contributed by atoms with Gasteiger partial charge in [-0.25, -0.2) is 4.98 Å². The van der Waals surface area contributed by atoms with Crippen molar-refractivity contribution in [2.75, 3.05) is 0 Å². The van der Waals surface area contributed by atoms with E-state index in [1.165, 1.54) is 6.21 Å². The maximum atomic E-state index is 8.37. The molecule has 7 heteroatoms. The van der Waals surface area contributed by atoms with E-state index in [0.717, 1.165) is 0 Å². The van der Waals surface area contributed by atoms with Crippen LogP contribution in [0.25, 0.3) is 10.4 Å². The van der Waals surface area contributed by atoms with Gasteiger partial charge in [-0.05, 0) is 12.0 Å². The van der Waals surface area contributed by atoms with E-state index in [4.69, 9.17) is 10.7 Å². The van der Waals surface area contributed by atoms with E-state index in [1.54, 1.807) is 12.4 Å². The highest BCUT2D eigenvalue weighted by molar-refractivity contribution is 5.74. The quantitative estimate of drug-likeness (QED) is 0.199. The van der Waals surface area contributed by atoms with Crippen LogP contribution in [0.2, 0.25) is 0 Å². The SMILES string of the molecule is CC(CCn1ccnc1C=NO)N=[N+]=[N-]. The summed E-state index contributed by atoms with van der Waals surface area (Å²) in [4.78, 5) is 6.71. The molecule has 0 aliphatic rings. The van der Waals surface area contributed by atoms with Gasteiger partial charge in [0.25, 0.3) is 0 Å². The fourth-order valence-corrected chi connectivity index (χ4v) is 1.16. The first-order valence-corrected chi connectivity index (χ1v) is 4.50. The first-order chi connectivity index (χ1) is 7.27. The van der Waals surface area contributed by atoms with Crippen LogP contribution in [0.1, 0.15) is 19.2 Å². The average molecular weight is 208 g/mol. The molecule has 0 aliphatic carbocycles. The second-order valence-electron chi connectivity index (χ2n) is 3.07. The van der Waals surface area contributed by atoms with Gasteiger partial charge in [-0.1, -0.05) is 17.2 Å². The van der Waals surface area contributed by atoms with Crippen LogP contribution in [0, 0.1) is 0 Å². The minimum atomic E-state index is -0.0590. The molecule has 80 valence electrons. The van der Waals surface area contributed by atoms with Crippen molar-refractivity contribution in [3.05, 3.63) is 28.7 Å². The maximum Gasteiger partial charge on any atom is 0.154 e. The number of aryl methyl sites for hydroxylation is 1. The van der Waals surface area contributed by atoms with Crippen LogP contribution >= 0.6 is 0 Å². The highest BCUT2D eigenvalue weighted by atomic mass is 16.4. The van der Waals surface area contributed by atoms with Crippen LogP contribution in [0.15, 0.2) is 22.7 Å². The Morgan fingerprint density at radius 2 is 2.60 bits per heavy atom. The summed E-state index contributed by atoms with van der Waals surface area (Å²) in [6.45, 7) is 2.51. The van der Waals surface area contributed by atoms with Gasteiger partial charge in [0.2, 0.25) is 0 Å². The Hall–Kier alpha value is -2.01. The highest BCUT2D eigenvalue weighted by Crippen LogP contribution is 2.02. The van der Waals surface area contributed by atoms with Crippen LogP contribution in [0.5, 0.6) is 0 Å². The Kier molecular flexibility index (Phi) is 4.18. The Labute approximate surface area is 86.7 Å². The monoisotopic (exact) mass is 208 g/mol. The fraction of sp³-hybridized carbons (Fsp3) is 0.500. The van der Waals surface area contributed by atoms with Crippen molar-refractivity contribution < 1.29 is 5.21 Å². The molecule has 1 aromatic heterocycles. The normalized spacial score (nSPS) is 12.6. The van der Waals surface area contributed by atoms with Gasteiger partial charge in [-0.15, -0.1) is 0 Å². The van der Waals surface area contributed by atoms with Crippen molar-refractivity contribution in [2.24, 2.45) is 10.3 Å². The lowest BCUT2D eigenvalue weighted by Gasteiger charge is -2.06. The Morgan fingerprint density at radius 1 is 1.80 bits per heavy atom. The largest absolute Gasteiger partial charge is 0.411 e. The summed E-state index contributed by atoms with van der Waals surface area (Å²) in [5, 5.41) is 14.8. The molecule has 7 nitrogen and oxygen atoms in total. The second kappa shape index (κ2) is 5.66. The van der Waals surface area contributed by atoms with Crippen molar-refractivity contribution in [2.45, 2.75) is 25.9 Å². The lowest BCUT2D eigenvalue weighted by molar-refractivity contribution is 0.321. The minimum Gasteiger partial charge on any atom is -0.411 e. The first kappa shape index (κ1) is 11.1. The number of azide groups is 1. The van der Waals surface area contributed by atoms with Crippen molar-refractivity contribution in [3.63, 3.8) is 0 Å². The van der Waals surface area contributed by atoms with Crippen molar-refractivity contribution in [3.8, 4) is 0 Å². The molecule has 0 radical (unpaired) electrons. The standard InChI is InChI=1S/C8H12N6O/c1-7(12-13-9)2-4-14-5-3-10-8(14)6-11-15/h3,5-7,15H,2,4H2,1H3. The van der Waals surface area contributed by atoms with Gasteiger partial charge in [0.15, 0.2) is 5.82 Å². The van der Waals surface area contributed by atoms with Crippen molar-refractivity contribution in [1.82, 2.24) is 9.55 Å². The smallest absolute Gasteiger partial charge is 0.154 e. The number of rotatable bonds is 5.